The zero-order valence-corrected chi connectivity index (χ0v) is 11.7. The Morgan fingerprint density at radius 2 is 1.78 bits per heavy atom. The standard InChI is InChI=1S/C14H25NO3/c1-4-14(5-2,6-3)13(18)15-9-7-8-11(10-15)12(16)17/h11H,4-10H2,1-3H3,(H,16,17). The van der Waals surface area contributed by atoms with E-state index in [1.165, 1.54) is 0 Å². The van der Waals surface area contributed by atoms with Gasteiger partial charge < -0.3 is 10.0 Å². The van der Waals surface area contributed by atoms with Crippen molar-refractivity contribution < 1.29 is 14.7 Å². The summed E-state index contributed by atoms with van der Waals surface area (Å²) < 4.78 is 0. The highest BCUT2D eigenvalue weighted by atomic mass is 16.4. The lowest BCUT2D eigenvalue weighted by atomic mass is 9.78. The van der Waals surface area contributed by atoms with E-state index < -0.39 is 5.97 Å². The fourth-order valence-electron chi connectivity index (χ4n) is 2.90. The maximum absolute atomic E-state index is 12.6. The molecule has 4 heteroatoms. The molecule has 0 aromatic rings. The number of carboxylic acid groups (broad SMARTS) is 1. The van der Waals surface area contributed by atoms with Gasteiger partial charge in [-0.1, -0.05) is 20.8 Å². The van der Waals surface area contributed by atoms with Gasteiger partial charge in [-0.15, -0.1) is 0 Å². The number of carboxylic acids is 1. The fourth-order valence-corrected chi connectivity index (χ4v) is 2.90. The first-order valence-electron chi connectivity index (χ1n) is 7.03. The minimum Gasteiger partial charge on any atom is -0.481 e. The predicted octanol–water partition coefficient (Wildman–Crippen LogP) is 2.53. The summed E-state index contributed by atoms with van der Waals surface area (Å²) >= 11 is 0. The Morgan fingerprint density at radius 3 is 2.22 bits per heavy atom. The van der Waals surface area contributed by atoms with Gasteiger partial charge in [0.1, 0.15) is 0 Å². The van der Waals surface area contributed by atoms with E-state index in [0.717, 1.165) is 25.7 Å². The average Bonchev–Trinajstić information content (AvgIpc) is 2.41. The average molecular weight is 255 g/mol. The molecule has 1 aliphatic rings. The van der Waals surface area contributed by atoms with Gasteiger partial charge in [0.25, 0.3) is 0 Å². The lowest BCUT2D eigenvalue weighted by Gasteiger charge is -2.38. The molecule has 1 heterocycles. The highest BCUT2D eigenvalue weighted by molar-refractivity contribution is 5.83. The largest absolute Gasteiger partial charge is 0.481 e. The second kappa shape index (κ2) is 6.21. The van der Waals surface area contributed by atoms with E-state index in [1.54, 1.807) is 4.90 Å². The smallest absolute Gasteiger partial charge is 0.308 e. The number of amides is 1. The number of carbonyl (C=O) groups is 2. The molecule has 0 bridgehead atoms. The number of hydrogen-bond donors (Lipinski definition) is 1. The summed E-state index contributed by atoms with van der Waals surface area (Å²) in [5, 5.41) is 9.07. The number of likely N-dealkylation sites (tertiary alicyclic amines) is 1. The van der Waals surface area contributed by atoms with Crippen LogP contribution in [-0.2, 0) is 9.59 Å². The minimum atomic E-state index is -0.775. The van der Waals surface area contributed by atoms with Gasteiger partial charge in [0, 0.05) is 18.5 Å². The Bertz CT molecular complexity index is 302. The van der Waals surface area contributed by atoms with Crippen LogP contribution in [0.4, 0.5) is 0 Å². The molecule has 104 valence electrons. The highest BCUT2D eigenvalue weighted by Crippen LogP contribution is 2.34. The molecule has 0 aliphatic carbocycles. The van der Waals surface area contributed by atoms with Crippen molar-refractivity contribution in [3.05, 3.63) is 0 Å². The lowest BCUT2D eigenvalue weighted by molar-refractivity contribution is -0.150. The number of piperidine rings is 1. The van der Waals surface area contributed by atoms with E-state index in [9.17, 15) is 9.59 Å². The molecule has 4 nitrogen and oxygen atoms in total. The van der Waals surface area contributed by atoms with Crippen LogP contribution in [-0.4, -0.2) is 35.0 Å². The van der Waals surface area contributed by atoms with Crippen LogP contribution in [0, 0.1) is 11.3 Å². The van der Waals surface area contributed by atoms with Gasteiger partial charge >= 0.3 is 5.97 Å². The summed E-state index contributed by atoms with van der Waals surface area (Å²) in [6.07, 6.45) is 3.97. The van der Waals surface area contributed by atoms with Crippen LogP contribution >= 0.6 is 0 Å². The van der Waals surface area contributed by atoms with Crippen molar-refractivity contribution in [3.63, 3.8) is 0 Å². The molecule has 1 N–H and O–H groups in total. The normalized spacial score (nSPS) is 20.8. The minimum absolute atomic E-state index is 0.154. The third kappa shape index (κ3) is 2.85. The van der Waals surface area contributed by atoms with E-state index in [4.69, 9.17) is 5.11 Å². The maximum atomic E-state index is 12.6. The summed E-state index contributed by atoms with van der Waals surface area (Å²) in [7, 11) is 0. The molecule has 1 amide bonds. The topological polar surface area (TPSA) is 57.6 Å². The van der Waals surface area contributed by atoms with Gasteiger partial charge in [-0.25, -0.2) is 0 Å². The molecule has 0 aromatic carbocycles. The molecular weight excluding hydrogens is 230 g/mol. The SMILES string of the molecule is CCC(CC)(CC)C(=O)N1CCCC(C(=O)O)C1. The van der Waals surface area contributed by atoms with Crippen molar-refractivity contribution in [2.75, 3.05) is 13.1 Å². The summed E-state index contributed by atoms with van der Waals surface area (Å²) in [6.45, 7) is 7.23. The van der Waals surface area contributed by atoms with Crippen molar-refractivity contribution in [2.45, 2.75) is 52.9 Å². The first-order valence-corrected chi connectivity index (χ1v) is 7.03. The Hall–Kier alpha value is -1.06. The molecule has 1 saturated heterocycles. The molecule has 0 radical (unpaired) electrons. The summed E-state index contributed by atoms with van der Waals surface area (Å²) in [5.74, 6) is -1.01. The Balaban J connectivity index is 2.79. The van der Waals surface area contributed by atoms with Gasteiger partial charge in [0.05, 0.1) is 5.92 Å². The van der Waals surface area contributed by atoms with E-state index >= 15 is 0 Å². The van der Waals surface area contributed by atoms with Crippen LogP contribution in [0.3, 0.4) is 0 Å². The van der Waals surface area contributed by atoms with Crippen LogP contribution in [0.15, 0.2) is 0 Å². The third-order valence-corrected chi connectivity index (χ3v) is 4.54. The van der Waals surface area contributed by atoms with Crippen LogP contribution in [0.2, 0.25) is 0 Å². The van der Waals surface area contributed by atoms with Crippen LogP contribution in [0.1, 0.15) is 52.9 Å². The summed E-state index contributed by atoms with van der Waals surface area (Å²) in [4.78, 5) is 25.4. The molecule has 1 atom stereocenters. The number of aliphatic carboxylic acids is 1. The van der Waals surface area contributed by atoms with Crippen LogP contribution < -0.4 is 0 Å². The molecule has 0 spiro atoms. The molecule has 1 unspecified atom stereocenters. The van der Waals surface area contributed by atoms with Gasteiger partial charge in [-0.3, -0.25) is 9.59 Å². The van der Waals surface area contributed by atoms with Crippen molar-refractivity contribution >= 4 is 11.9 Å². The quantitative estimate of drug-likeness (QED) is 0.821. The van der Waals surface area contributed by atoms with E-state index in [-0.39, 0.29) is 17.2 Å². The number of nitrogens with zero attached hydrogens (tertiary/aromatic N) is 1. The zero-order chi connectivity index (χ0) is 13.8. The molecular formula is C14H25NO3. The van der Waals surface area contributed by atoms with Gasteiger partial charge in [0.2, 0.25) is 5.91 Å². The third-order valence-electron chi connectivity index (χ3n) is 4.54. The zero-order valence-electron chi connectivity index (χ0n) is 11.7. The van der Waals surface area contributed by atoms with E-state index in [0.29, 0.717) is 19.5 Å². The monoisotopic (exact) mass is 255 g/mol. The van der Waals surface area contributed by atoms with Crippen molar-refractivity contribution in [3.8, 4) is 0 Å². The predicted molar refractivity (Wildman–Crippen MR) is 70.2 cm³/mol. The van der Waals surface area contributed by atoms with Gasteiger partial charge in [-0.2, -0.15) is 0 Å². The van der Waals surface area contributed by atoms with Gasteiger partial charge in [-0.05, 0) is 32.1 Å². The number of carbonyl (C=O) groups excluding carboxylic acids is 1. The number of hydrogen-bond acceptors (Lipinski definition) is 2. The first-order chi connectivity index (χ1) is 8.50. The van der Waals surface area contributed by atoms with Crippen molar-refractivity contribution in [1.82, 2.24) is 4.90 Å². The van der Waals surface area contributed by atoms with E-state index in [1.807, 2.05) is 20.8 Å². The van der Waals surface area contributed by atoms with Gasteiger partial charge in [0.15, 0.2) is 0 Å². The Kier molecular flexibility index (Phi) is 5.17. The molecule has 0 saturated carbocycles. The highest BCUT2D eigenvalue weighted by Gasteiger charge is 2.38. The second-order valence-electron chi connectivity index (χ2n) is 5.27. The number of rotatable bonds is 5. The summed E-state index contributed by atoms with van der Waals surface area (Å²) in [6, 6.07) is 0. The Labute approximate surface area is 109 Å². The van der Waals surface area contributed by atoms with Crippen molar-refractivity contribution in [1.29, 1.82) is 0 Å². The van der Waals surface area contributed by atoms with Crippen LogP contribution in [0.25, 0.3) is 0 Å². The molecule has 1 rings (SSSR count). The molecule has 1 fully saturated rings. The molecule has 1 aliphatic heterocycles. The second-order valence-corrected chi connectivity index (χ2v) is 5.27. The van der Waals surface area contributed by atoms with Crippen molar-refractivity contribution in [2.24, 2.45) is 11.3 Å². The van der Waals surface area contributed by atoms with E-state index in [2.05, 4.69) is 0 Å². The Morgan fingerprint density at radius 1 is 1.22 bits per heavy atom. The fraction of sp³-hybridized carbons (Fsp3) is 0.857. The lowest BCUT2D eigenvalue weighted by Crippen LogP contribution is -2.49. The van der Waals surface area contributed by atoms with Crippen LogP contribution in [0.5, 0.6) is 0 Å². The molecule has 18 heavy (non-hydrogen) atoms. The summed E-state index contributed by atoms with van der Waals surface area (Å²) in [5.41, 5.74) is -0.291. The first kappa shape index (κ1) is 15.0. The maximum Gasteiger partial charge on any atom is 0.308 e. The molecule has 0 aromatic heterocycles.